The van der Waals surface area contributed by atoms with Crippen LogP contribution in [0.2, 0.25) is 0 Å². The summed E-state index contributed by atoms with van der Waals surface area (Å²) < 4.78 is 2.69. The van der Waals surface area contributed by atoms with Gasteiger partial charge in [-0.1, -0.05) is 0 Å². The highest BCUT2D eigenvalue weighted by Crippen LogP contribution is 2.26. The van der Waals surface area contributed by atoms with Crippen molar-refractivity contribution >= 4 is 27.3 Å². The van der Waals surface area contributed by atoms with Gasteiger partial charge in [0.05, 0.1) is 16.4 Å². The summed E-state index contributed by atoms with van der Waals surface area (Å²) in [4.78, 5) is 0. The lowest BCUT2D eigenvalue weighted by Gasteiger charge is -2.12. The Morgan fingerprint density at radius 2 is 2.44 bits per heavy atom. The molecule has 1 N–H and O–H groups in total. The third-order valence-electron chi connectivity index (χ3n) is 2.46. The standard InChI is InChI=1S/C11H13BrN2OS/c1-2-14-11(9(12)6-13-14)10(15)5-8-3-4-16-7-8/h3-4,6-7,10,15H,2,5H2,1H3. The van der Waals surface area contributed by atoms with Crippen LogP contribution in [0, 0.1) is 0 Å². The quantitative estimate of drug-likeness (QED) is 0.942. The first-order valence-electron chi connectivity index (χ1n) is 5.12. The number of aliphatic hydroxyl groups excluding tert-OH is 1. The van der Waals surface area contributed by atoms with Gasteiger partial charge in [0, 0.05) is 13.0 Å². The van der Waals surface area contributed by atoms with Crippen LogP contribution >= 0.6 is 27.3 Å². The van der Waals surface area contributed by atoms with Crippen molar-refractivity contribution in [3.63, 3.8) is 0 Å². The average Bonchev–Trinajstić information content (AvgIpc) is 2.87. The van der Waals surface area contributed by atoms with Gasteiger partial charge in [-0.3, -0.25) is 4.68 Å². The number of nitrogens with zero attached hydrogens (tertiary/aromatic N) is 2. The molecule has 0 radical (unpaired) electrons. The molecule has 0 amide bonds. The number of halogens is 1. The molecular weight excluding hydrogens is 288 g/mol. The van der Waals surface area contributed by atoms with Crippen LogP contribution in [-0.2, 0) is 13.0 Å². The van der Waals surface area contributed by atoms with Crippen molar-refractivity contribution in [3.8, 4) is 0 Å². The minimum atomic E-state index is -0.508. The summed E-state index contributed by atoms with van der Waals surface area (Å²) in [5.41, 5.74) is 2.02. The highest BCUT2D eigenvalue weighted by atomic mass is 79.9. The van der Waals surface area contributed by atoms with E-state index < -0.39 is 6.10 Å². The van der Waals surface area contributed by atoms with Crippen LogP contribution in [0.5, 0.6) is 0 Å². The van der Waals surface area contributed by atoms with Crippen LogP contribution in [0.15, 0.2) is 27.5 Å². The second-order valence-electron chi connectivity index (χ2n) is 3.55. The van der Waals surface area contributed by atoms with E-state index in [-0.39, 0.29) is 0 Å². The maximum Gasteiger partial charge on any atom is 0.101 e. The number of aryl methyl sites for hydroxylation is 1. The summed E-state index contributed by atoms with van der Waals surface area (Å²) in [7, 11) is 0. The molecule has 0 aliphatic carbocycles. The highest BCUT2D eigenvalue weighted by Gasteiger charge is 2.17. The number of aliphatic hydroxyl groups is 1. The predicted octanol–water partition coefficient (Wildman–Crippen LogP) is 3.00. The Hall–Kier alpha value is -0.650. The highest BCUT2D eigenvalue weighted by molar-refractivity contribution is 9.10. The molecule has 5 heteroatoms. The molecule has 0 saturated heterocycles. The second kappa shape index (κ2) is 5.12. The summed E-state index contributed by atoms with van der Waals surface area (Å²) in [6.07, 6.45) is 1.86. The topological polar surface area (TPSA) is 38.0 Å². The lowest BCUT2D eigenvalue weighted by atomic mass is 10.1. The molecule has 1 atom stereocenters. The van der Waals surface area contributed by atoms with Crippen LogP contribution in [0.1, 0.15) is 24.3 Å². The molecule has 1 unspecified atom stereocenters. The van der Waals surface area contributed by atoms with Gasteiger partial charge in [-0.05, 0) is 45.2 Å². The van der Waals surface area contributed by atoms with Gasteiger partial charge in [0.2, 0.25) is 0 Å². The van der Waals surface area contributed by atoms with Gasteiger partial charge in [-0.15, -0.1) is 0 Å². The minimum absolute atomic E-state index is 0.508. The van der Waals surface area contributed by atoms with E-state index in [1.165, 1.54) is 0 Å². The Kier molecular flexibility index (Phi) is 3.78. The molecule has 16 heavy (non-hydrogen) atoms. The van der Waals surface area contributed by atoms with Crippen molar-refractivity contribution in [1.29, 1.82) is 0 Å². The second-order valence-corrected chi connectivity index (χ2v) is 5.18. The first-order valence-corrected chi connectivity index (χ1v) is 6.86. The summed E-state index contributed by atoms with van der Waals surface area (Å²) >= 11 is 5.07. The number of hydrogen-bond donors (Lipinski definition) is 1. The SMILES string of the molecule is CCn1ncc(Br)c1C(O)Cc1ccsc1. The van der Waals surface area contributed by atoms with Gasteiger partial charge in [0.15, 0.2) is 0 Å². The lowest BCUT2D eigenvalue weighted by molar-refractivity contribution is 0.166. The van der Waals surface area contributed by atoms with Gasteiger partial charge < -0.3 is 5.11 Å². The maximum atomic E-state index is 10.2. The zero-order valence-electron chi connectivity index (χ0n) is 8.93. The van der Waals surface area contributed by atoms with Crippen molar-refractivity contribution in [2.24, 2.45) is 0 Å². The van der Waals surface area contributed by atoms with E-state index in [0.717, 1.165) is 22.3 Å². The molecule has 0 bridgehead atoms. The zero-order valence-corrected chi connectivity index (χ0v) is 11.3. The maximum absolute atomic E-state index is 10.2. The Bertz CT molecular complexity index is 453. The first kappa shape index (κ1) is 11.8. The van der Waals surface area contributed by atoms with E-state index in [9.17, 15) is 5.11 Å². The third kappa shape index (κ3) is 2.36. The normalized spacial score (nSPS) is 12.9. The minimum Gasteiger partial charge on any atom is -0.386 e. The van der Waals surface area contributed by atoms with E-state index in [1.807, 2.05) is 23.1 Å². The van der Waals surface area contributed by atoms with Crippen LogP contribution in [-0.4, -0.2) is 14.9 Å². The van der Waals surface area contributed by atoms with Crippen LogP contribution < -0.4 is 0 Å². The van der Waals surface area contributed by atoms with E-state index in [1.54, 1.807) is 17.5 Å². The molecule has 0 aliphatic rings. The largest absolute Gasteiger partial charge is 0.386 e. The molecule has 2 heterocycles. The van der Waals surface area contributed by atoms with E-state index in [4.69, 9.17) is 0 Å². The van der Waals surface area contributed by atoms with Crippen LogP contribution in [0.4, 0.5) is 0 Å². The fraction of sp³-hybridized carbons (Fsp3) is 0.364. The van der Waals surface area contributed by atoms with E-state index in [0.29, 0.717) is 6.42 Å². The lowest BCUT2D eigenvalue weighted by Crippen LogP contribution is -2.10. The fourth-order valence-corrected chi connectivity index (χ4v) is 2.93. The van der Waals surface area contributed by atoms with Crippen molar-refractivity contribution in [1.82, 2.24) is 9.78 Å². The van der Waals surface area contributed by atoms with Gasteiger partial charge in [0.1, 0.15) is 6.10 Å². The molecule has 2 rings (SSSR count). The number of aromatic nitrogens is 2. The third-order valence-corrected chi connectivity index (χ3v) is 3.80. The summed E-state index contributed by atoms with van der Waals surface area (Å²) in [5, 5.41) is 18.5. The molecule has 0 aromatic carbocycles. The smallest absolute Gasteiger partial charge is 0.101 e. The molecule has 2 aromatic heterocycles. The van der Waals surface area contributed by atoms with Crippen LogP contribution in [0.25, 0.3) is 0 Å². The number of hydrogen-bond acceptors (Lipinski definition) is 3. The zero-order chi connectivity index (χ0) is 11.5. The molecule has 0 aliphatic heterocycles. The number of thiophene rings is 1. The molecule has 0 saturated carbocycles. The molecule has 86 valence electrons. The summed E-state index contributed by atoms with van der Waals surface area (Å²) in [6.45, 7) is 2.78. The van der Waals surface area contributed by atoms with Crippen molar-refractivity contribution in [2.75, 3.05) is 0 Å². The van der Waals surface area contributed by atoms with Crippen molar-refractivity contribution < 1.29 is 5.11 Å². The van der Waals surface area contributed by atoms with Gasteiger partial charge in [-0.2, -0.15) is 16.4 Å². The monoisotopic (exact) mass is 300 g/mol. The van der Waals surface area contributed by atoms with Crippen molar-refractivity contribution in [2.45, 2.75) is 26.0 Å². The molecule has 2 aromatic rings. The first-order chi connectivity index (χ1) is 7.72. The van der Waals surface area contributed by atoms with E-state index >= 15 is 0 Å². The number of rotatable bonds is 4. The Morgan fingerprint density at radius 3 is 3.06 bits per heavy atom. The fourth-order valence-electron chi connectivity index (χ4n) is 1.68. The van der Waals surface area contributed by atoms with Gasteiger partial charge in [0.25, 0.3) is 0 Å². The van der Waals surface area contributed by atoms with Crippen molar-refractivity contribution in [3.05, 3.63) is 38.8 Å². The Balaban J connectivity index is 2.20. The van der Waals surface area contributed by atoms with Gasteiger partial charge in [-0.25, -0.2) is 0 Å². The Labute approximate surface area is 107 Å². The van der Waals surface area contributed by atoms with Crippen LogP contribution in [0.3, 0.4) is 0 Å². The molecule has 0 spiro atoms. The van der Waals surface area contributed by atoms with Gasteiger partial charge >= 0.3 is 0 Å². The molecular formula is C11H13BrN2OS. The Morgan fingerprint density at radius 1 is 1.62 bits per heavy atom. The summed E-state index contributed by atoms with van der Waals surface area (Å²) in [6, 6.07) is 2.04. The molecule has 0 fully saturated rings. The summed E-state index contributed by atoms with van der Waals surface area (Å²) in [5.74, 6) is 0. The molecule has 3 nitrogen and oxygen atoms in total. The average molecular weight is 301 g/mol. The predicted molar refractivity (Wildman–Crippen MR) is 68.6 cm³/mol. The van der Waals surface area contributed by atoms with E-state index in [2.05, 4.69) is 26.4 Å².